The number of rotatable bonds is 6. The summed E-state index contributed by atoms with van der Waals surface area (Å²) in [7, 11) is 1.85. The Bertz CT molecular complexity index is 591. The van der Waals surface area contributed by atoms with E-state index >= 15 is 0 Å². The van der Waals surface area contributed by atoms with E-state index in [-0.39, 0.29) is 0 Å². The molecule has 2 aliphatic heterocycles. The second-order valence-corrected chi connectivity index (χ2v) is 7.12. The number of nitrogens with zero attached hydrogens (tertiary/aromatic N) is 2. The van der Waals surface area contributed by atoms with Gasteiger partial charge in [-0.2, -0.15) is 0 Å². The summed E-state index contributed by atoms with van der Waals surface area (Å²) in [6, 6.07) is 11.3. The van der Waals surface area contributed by atoms with Gasteiger partial charge in [0.15, 0.2) is 5.96 Å². The Kier molecular flexibility index (Phi) is 7.52. The van der Waals surface area contributed by atoms with Gasteiger partial charge in [-0.25, -0.2) is 0 Å². The fourth-order valence-electron chi connectivity index (χ4n) is 3.60. The van der Waals surface area contributed by atoms with Crippen molar-refractivity contribution in [3.63, 3.8) is 0 Å². The van der Waals surface area contributed by atoms with Crippen molar-refractivity contribution >= 4 is 5.96 Å². The number of likely N-dealkylation sites (tertiary alicyclic amines) is 1. The highest BCUT2D eigenvalue weighted by Crippen LogP contribution is 2.14. The SMILES string of the molecule is CN=C(NCCC1=CCOCC1)NC1CCN(Cc2ccccc2)CC1. The molecule has 1 aromatic carbocycles. The van der Waals surface area contributed by atoms with Crippen molar-refractivity contribution in [2.24, 2.45) is 4.99 Å². The molecular weight excluding hydrogens is 324 g/mol. The van der Waals surface area contributed by atoms with Crippen LogP contribution in [0, 0.1) is 0 Å². The maximum absolute atomic E-state index is 5.36. The van der Waals surface area contributed by atoms with E-state index in [1.165, 1.54) is 11.1 Å². The monoisotopic (exact) mass is 356 g/mol. The minimum atomic E-state index is 0.510. The molecule has 0 unspecified atom stereocenters. The standard InChI is InChI=1S/C21H32N4O/c1-22-21(23-12-7-18-10-15-26-16-11-18)24-20-8-13-25(14-9-20)17-19-5-3-2-4-6-19/h2-6,10,20H,7-9,11-17H2,1H3,(H2,22,23,24). The Morgan fingerprint density at radius 1 is 1.23 bits per heavy atom. The molecule has 0 radical (unpaired) electrons. The van der Waals surface area contributed by atoms with E-state index in [2.05, 4.69) is 56.9 Å². The molecule has 2 N–H and O–H groups in total. The number of guanidine groups is 1. The quantitative estimate of drug-likeness (QED) is 0.467. The predicted octanol–water partition coefficient (Wildman–Crippen LogP) is 2.55. The average molecular weight is 357 g/mol. The largest absolute Gasteiger partial charge is 0.377 e. The maximum atomic E-state index is 5.36. The van der Waals surface area contributed by atoms with Crippen molar-refractivity contribution in [2.45, 2.75) is 38.3 Å². The molecule has 0 aromatic heterocycles. The number of benzene rings is 1. The predicted molar refractivity (Wildman–Crippen MR) is 107 cm³/mol. The summed E-state index contributed by atoms with van der Waals surface area (Å²) < 4.78 is 5.36. The van der Waals surface area contributed by atoms with Gasteiger partial charge < -0.3 is 15.4 Å². The van der Waals surface area contributed by atoms with Gasteiger partial charge in [0.1, 0.15) is 0 Å². The summed E-state index contributed by atoms with van der Waals surface area (Å²) in [5, 5.41) is 7.05. The zero-order valence-corrected chi connectivity index (χ0v) is 15.9. The Hall–Kier alpha value is -1.85. The molecule has 2 heterocycles. The molecule has 0 saturated carbocycles. The van der Waals surface area contributed by atoms with Gasteiger partial charge in [-0.3, -0.25) is 9.89 Å². The van der Waals surface area contributed by atoms with Gasteiger partial charge in [0.05, 0.1) is 13.2 Å². The normalized spacial score (nSPS) is 19.9. The van der Waals surface area contributed by atoms with Crippen LogP contribution in [0.3, 0.4) is 0 Å². The van der Waals surface area contributed by atoms with Crippen LogP contribution in [0.25, 0.3) is 0 Å². The molecule has 0 bridgehead atoms. The van der Waals surface area contributed by atoms with Gasteiger partial charge in [0, 0.05) is 39.3 Å². The molecule has 1 saturated heterocycles. The van der Waals surface area contributed by atoms with E-state index in [0.29, 0.717) is 6.04 Å². The number of piperidine rings is 1. The minimum absolute atomic E-state index is 0.510. The lowest BCUT2D eigenvalue weighted by molar-refractivity contribution is 0.153. The molecule has 0 amide bonds. The van der Waals surface area contributed by atoms with Crippen LogP contribution in [0.2, 0.25) is 0 Å². The van der Waals surface area contributed by atoms with Crippen molar-refractivity contribution in [1.29, 1.82) is 0 Å². The first-order valence-corrected chi connectivity index (χ1v) is 9.82. The molecule has 0 aliphatic carbocycles. The number of hydrogen-bond acceptors (Lipinski definition) is 3. The van der Waals surface area contributed by atoms with E-state index < -0.39 is 0 Å². The lowest BCUT2D eigenvalue weighted by atomic mass is 10.0. The smallest absolute Gasteiger partial charge is 0.191 e. The van der Waals surface area contributed by atoms with Crippen LogP contribution < -0.4 is 10.6 Å². The zero-order chi connectivity index (χ0) is 18.0. The molecule has 1 fully saturated rings. The van der Waals surface area contributed by atoms with Gasteiger partial charge in [0.2, 0.25) is 0 Å². The van der Waals surface area contributed by atoms with E-state index in [0.717, 1.165) is 71.0 Å². The third-order valence-corrected chi connectivity index (χ3v) is 5.20. The first-order valence-electron chi connectivity index (χ1n) is 9.82. The molecule has 3 rings (SSSR count). The van der Waals surface area contributed by atoms with Gasteiger partial charge in [-0.15, -0.1) is 0 Å². The summed E-state index contributed by atoms with van der Waals surface area (Å²) in [5.41, 5.74) is 2.90. The van der Waals surface area contributed by atoms with Crippen LogP contribution in [-0.4, -0.2) is 56.8 Å². The Morgan fingerprint density at radius 3 is 2.73 bits per heavy atom. The second-order valence-electron chi connectivity index (χ2n) is 7.12. The maximum Gasteiger partial charge on any atom is 0.191 e. The lowest BCUT2D eigenvalue weighted by Gasteiger charge is -2.33. The molecule has 5 nitrogen and oxygen atoms in total. The number of ether oxygens (including phenoxy) is 1. The Labute approximate surface area is 157 Å². The van der Waals surface area contributed by atoms with Crippen LogP contribution >= 0.6 is 0 Å². The van der Waals surface area contributed by atoms with E-state index in [9.17, 15) is 0 Å². The molecule has 5 heteroatoms. The van der Waals surface area contributed by atoms with Crippen molar-refractivity contribution in [2.75, 3.05) is 39.9 Å². The fourth-order valence-corrected chi connectivity index (χ4v) is 3.60. The Balaban J connectivity index is 1.35. The van der Waals surface area contributed by atoms with Crippen LogP contribution in [0.15, 0.2) is 47.0 Å². The van der Waals surface area contributed by atoms with Gasteiger partial charge >= 0.3 is 0 Å². The number of hydrogen-bond donors (Lipinski definition) is 2. The van der Waals surface area contributed by atoms with Crippen LogP contribution in [0.1, 0.15) is 31.2 Å². The highest BCUT2D eigenvalue weighted by molar-refractivity contribution is 5.79. The van der Waals surface area contributed by atoms with Crippen molar-refractivity contribution in [3.8, 4) is 0 Å². The summed E-state index contributed by atoms with van der Waals surface area (Å²) >= 11 is 0. The fraction of sp³-hybridized carbons (Fsp3) is 0.571. The summed E-state index contributed by atoms with van der Waals surface area (Å²) in [6.45, 7) is 5.88. The molecule has 0 atom stereocenters. The van der Waals surface area contributed by atoms with E-state index in [1.807, 2.05) is 7.05 Å². The third-order valence-electron chi connectivity index (χ3n) is 5.20. The Morgan fingerprint density at radius 2 is 2.04 bits per heavy atom. The summed E-state index contributed by atoms with van der Waals surface area (Å²) in [5.74, 6) is 0.930. The number of aliphatic imine (C=N–C) groups is 1. The first-order chi connectivity index (χ1) is 12.8. The van der Waals surface area contributed by atoms with Crippen LogP contribution in [0.5, 0.6) is 0 Å². The van der Waals surface area contributed by atoms with E-state index in [4.69, 9.17) is 4.74 Å². The van der Waals surface area contributed by atoms with Crippen molar-refractivity contribution in [3.05, 3.63) is 47.5 Å². The third kappa shape index (κ3) is 6.15. The van der Waals surface area contributed by atoms with Crippen LogP contribution in [-0.2, 0) is 11.3 Å². The average Bonchev–Trinajstić information content (AvgIpc) is 2.70. The van der Waals surface area contributed by atoms with Gasteiger partial charge in [-0.1, -0.05) is 42.0 Å². The van der Waals surface area contributed by atoms with Gasteiger partial charge in [0.25, 0.3) is 0 Å². The second kappa shape index (κ2) is 10.3. The molecule has 1 aromatic rings. The van der Waals surface area contributed by atoms with Crippen molar-refractivity contribution < 1.29 is 4.74 Å². The highest BCUT2D eigenvalue weighted by atomic mass is 16.5. The molecule has 2 aliphatic rings. The molecule has 0 spiro atoms. The van der Waals surface area contributed by atoms with Gasteiger partial charge in [-0.05, 0) is 31.2 Å². The molecular formula is C21H32N4O. The summed E-state index contributed by atoms with van der Waals surface area (Å²) in [4.78, 5) is 6.93. The summed E-state index contributed by atoms with van der Waals surface area (Å²) in [6.07, 6.45) is 6.67. The zero-order valence-electron chi connectivity index (χ0n) is 15.9. The van der Waals surface area contributed by atoms with Crippen molar-refractivity contribution in [1.82, 2.24) is 15.5 Å². The molecule has 142 valence electrons. The minimum Gasteiger partial charge on any atom is -0.377 e. The topological polar surface area (TPSA) is 48.9 Å². The molecule has 26 heavy (non-hydrogen) atoms. The van der Waals surface area contributed by atoms with Crippen LogP contribution in [0.4, 0.5) is 0 Å². The van der Waals surface area contributed by atoms with E-state index in [1.54, 1.807) is 0 Å². The lowest BCUT2D eigenvalue weighted by Crippen LogP contribution is -2.48. The highest BCUT2D eigenvalue weighted by Gasteiger charge is 2.20. The first kappa shape index (κ1) is 18.9. The number of nitrogens with one attached hydrogen (secondary N) is 2.